The smallest absolute Gasteiger partial charge is 0.260 e. The molecule has 0 aliphatic carbocycles. The molecular weight excluding hydrogens is 423 g/mol. The van der Waals surface area contributed by atoms with Gasteiger partial charge in [0.15, 0.2) is 5.82 Å². The number of aromatic nitrogens is 3. The van der Waals surface area contributed by atoms with Crippen molar-refractivity contribution in [1.82, 2.24) is 15.0 Å². The van der Waals surface area contributed by atoms with E-state index in [1.807, 2.05) is 0 Å². The van der Waals surface area contributed by atoms with Gasteiger partial charge in [-0.2, -0.15) is 0 Å². The second-order valence-corrected chi connectivity index (χ2v) is 8.42. The lowest BCUT2D eigenvalue weighted by Crippen LogP contribution is -2.17. The molecule has 9 heteroatoms. The number of anilines is 1. The molecule has 3 rings (SSSR count). The summed E-state index contributed by atoms with van der Waals surface area (Å²) >= 11 is 3.36. The van der Waals surface area contributed by atoms with E-state index in [9.17, 15) is 12.8 Å². The Kier molecular flexibility index (Phi) is 4.85. The first kappa shape index (κ1) is 18.5. The maximum atomic E-state index is 13.1. The number of hydrogen-bond acceptors (Lipinski definition) is 4. The monoisotopic (exact) mass is 438 g/mol. The Balaban J connectivity index is 1.98. The molecule has 0 spiro atoms. The van der Waals surface area contributed by atoms with E-state index in [1.54, 1.807) is 32.9 Å². The first-order valence-electron chi connectivity index (χ1n) is 7.67. The van der Waals surface area contributed by atoms with Crippen molar-refractivity contribution >= 4 is 31.8 Å². The molecule has 1 heterocycles. The van der Waals surface area contributed by atoms with Gasteiger partial charge in [-0.15, -0.1) is 5.10 Å². The molecule has 0 saturated carbocycles. The second-order valence-electron chi connectivity index (χ2n) is 5.89. The lowest BCUT2D eigenvalue weighted by Gasteiger charge is -2.12. The Bertz CT molecular complexity index is 1060. The molecular formula is C17H16BrFN4O2S. The van der Waals surface area contributed by atoms with E-state index in [1.165, 1.54) is 28.9 Å². The van der Waals surface area contributed by atoms with Crippen LogP contribution in [-0.2, 0) is 10.0 Å². The summed E-state index contributed by atoms with van der Waals surface area (Å²) in [7, 11) is -3.84. The number of rotatable bonds is 4. The number of benzene rings is 2. The van der Waals surface area contributed by atoms with Gasteiger partial charge in [0.1, 0.15) is 5.82 Å². The van der Waals surface area contributed by atoms with Crippen LogP contribution in [0.1, 0.15) is 16.8 Å². The van der Waals surface area contributed by atoms with E-state index in [2.05, 4.69) is 31.0 Å². The van der Waals surface area contributed by atoms with Gasteiger partial charge < -0.3 is 0 Å². The van der Waals surface area contributed by atoms with Gasteiger partial charge in [-0.05, 0) is 68.3 Å². The molecule has 26 heavy (non-hydrogen) atoms. The summed E-state index contributed by atoms with van der Waals surface area (Å²) in [5, 5.41) is 7.88. The van der Waals surface area contributed by atoms with E-state index in [0.29, 0.717) is 22.5 Å². The Hall–Kier alpha value is -2.26. The Morgan fingerprint density at radius 3 is 2.23 bits per heavy atom. The minimum absolute atomic E-state index is 0.121. The van der Waals surface area contributed by atoms with Crippen LogP contribution in [0, 0.1) is 26.6 Å². The number of halogens is 2. The van der Waals surface area contributed by atoms with Gasteiger partial charge in [-0.1, -0.05) is 21.1 Å². The lowest BCUT2D eigenvalue weighted by molar-refractivity contribution is 0.599. The van der Waals surface area contributed by atoms with Crippen LogP contribution in [0.5, 0.6) is 0 Å². The Morgan fingerprint density at radius 1 is 1.08 bits per heavy atom. The third-order valence-corrected chi connectivity index (χ3v) is 5.99. The van der Waals surface area contributed by atoms with Crippen molar-refractivity contribution in [3.05, 3.63) is 63.5 Å². The van der Waals surface area contributed by atoms with Crippen LogP contribution >= 0.6 is 15.9 Å². The molecule has 0 unspecified atom stereocenters. The van der Waals surface area contributed by atoms with E-state index in [-0.39, 0.29) is 16.5 Å². The highest BCUT2D eigenvalue weighted by Gasteiger charge is 2.23. The molecule has 0 radical (unpaired) electrons. The van der Waals surface area contributed by atoms with Gasteiger partial charge in [-0.3, -0.25) is 4.72 Å². The Morgan fingerprint density at radius 2 is 1.65 bits per heavy atom. The van der Waals surface area contributed by atoms with Crippen LogP contribution in [0.4, 0.5) is 10.2 Å². The first-order chi connectivity index (χ1) is 12.2. The third-order valence-electron chi connectivity index (χ3n) is 3.89. The molecule has 0 aliphatic heterocycles. The molecule has 3 aromatic rings. The van der Waals surface area contributed by atoms with E-state index < -0.39 is 10.0 Å². The van der Waals surface area contributed by atoms with Crippen LogP contribution in [-0.4, -0.2) is 23.4 Å². The number of hydrogen-bond donors (Lipinski definition) is 1. The second kappa shape index (κ2) is 6.81. The topological polar surface area (TPSA) is 76.9 Å². The largest absolute Gasteiger partial charge is 0.263 e. The fourth-order valence-corrected chi connectivity index (χ4v) is 4.95. The van der Waals surface area contributed by atoms with Gasteiger partial charge in [0, 0.05) is 4.47 Å². The van der Waals surface area contributed by atoms with Gasteiger partial charge in [0.25, 0.3) is 10.0 Å². The van der Waals surface area contributed by atoms with E-state index in [0.717, 1.165) is 4.47 Å². The maximum absolute atomic E-state index is 13.1. The summed E-state index contributed by atoms with van der Waals surface area (Å²) in [6.45, 7) is 5.14. The fourth-order valence-electron chi connectivity index (χ4n) is 2.75. The minimum atomic E-state index is -3.84. The van der Waals surface area contributed by atoms with Crippen molar-refractivity contribution < 1.29 is 12.8 Å². The molecule has 0 aliphatic rings. The van der Waals surface area contributed by atoms with Gasteiger partial charge in [0.2, 0.25) is 0 Å². The predicted octanol–water partition coefficient (Wildman–Crippen LogP) is 3.89. The molecule has 0 fully saturated rings. The summed E-state index contributed by atoms with van der Waals surface area (Å²) < 4.78 is 43.5. The van der Waals surface area contributed by atoms with Crippen molar-refractivity contribution in [3.8, 4) is 5.69 Å². The van der Waals surface area contributed by atoms with E-state index in [4.69, 9.17) is 0 Å². The average molecular weight is 439 g/mol. The SMILES string of the molecule is Cc1cc(Br)cc(C)c1S(=O)(=O)Nc1nnn(-c2ccc(F)cc2)c1C. The molecule has 0 saturated heterocycles. The number of nitrogens with one attached hydrogen (secondary N) is 1. The summed E-state index contributed by atoms with van der Waals surface area (Å²) in [4.78, 5) is 0.205. The van der Waals surface area contributed by atoms with Gasteiger partial charge in [-0.25, -0.2) is 17.5 Å². The van der Waals surface area contributed by atoms with Gasteiger partial charge in [0.05, 0.1) is 16.3 Å². The average Bonchev–Trinajstić information content (AvgIpc) is 2.87. The number of nitrogens with zero attached hydrogens (tertiary/aromatic N) is 3. The maximum Gasteiger partial charge on any atom is 0.263 e. The van der Waals surface area contributed by atoms with Crippen molar-refractivity contribution in [2.24, 2.45) is 0 Å². The Labute approximate surface area is 159 Å². The molecule has 136 valence electrons. The highest BCUT2D eigenvalue weighted by atomic mass is 79.9. The van der Waals surface area contributed by atoms with Gasteiger partial charge >= 0.3 is 0 Å². The molecule has 1 N–H and O–H groups in total. The predicted molar refractivity (Wildman–Crippen MR) is 100 cm³/mol. The zero-order chi connectivity index (χ0) is 19.1. The standard InChI is InChI=1S/C17H16BrFN4O2S/c1-10-8-13(18)9-11(2)16(10)26(24,25)21-17-12(3)23(22-20-17)15-6-4-14(19)5-7-15/h4-9,21H,1-3H3. The van der Waals surface area contributed by atoms with Crippen molar-refractivity contribution in [2.75, 3.05) is 4.72 Å². The highest BCUT2D eigenvalue weighted by Crippen LogP contribution is 2.27. The third kappa shape index (κ3) is 3.49. The summed E-state index contributed by atoms with van der Waals surface area (Å²) in [6, 6.07) is 9.16. The molecule has 6 nitrogen and oxygen atoms in total. The fraction of sp³-hybridized carbons (Fsp3) is 0.176. The lowest BCUT2D eigenvalue weighted by atomic mass is 10.2. The minimum Gasteiger partial charge on any atom is -0.260 e. The molecule has 0 amide bonds. The van der Waals surface area contributed by atoms with Crippen LogP contribution in [0.25, 0.3) is 5.69 Å². The highest BCUT2D eigenvalue weighted by molar-refractivity contribution is 9.10. The van der Waals surface area contributed by atoms with Crippen LogP contribution in [0.2, 0.25) is 0 Å². The van der Waals surface area contributed by atoms with Crippen LogP contribution in [0.15, 0.2) is 45.8 Å². The van der Waals surface area contributed by atoms with Crippen LogP contribution < -0.4 is 4.72 Å². The zero-order valence-electron chi connectivity index (χ0n) is 14.3. The molecule has 0 bridgehead atoms. The van der Waals surface area contributed by atoms with E-state index >= 15 is 0 Å². The number of sulfonamides is 1. The van der Waals surface area contributed by atoms with Crippen LogP contribution in [0.3, 0.4) is 0 Å². The quantitative estimate of drug-likeness (QED) is 0.669. The van der Waals surface area contributed by atoms with Crippen molar-refractivity contribution in [1.29, 1.82) is 0 Å². The number of aryl methyl sites for hydroxylation is 2. The molecule has 1 aromatic heterocycles. The summed E-state index contributed by atoms with van der Waals surface area (Å²) in [6.07, 6.45) is 0. The van der Waals surface area contributed by atoms with Crippen molar-refractivity contribution in [2.45, 2.75) is 25.7 Å². The zero-order valence-corrected chi connectivity index (χ0v) is 16.7. The molecule has 2 aromatic carbocycles. The summed E-state index contributed by atoms with van der Waals surface area (Å²) in [5.41, 5.74) is 2.31. The first-order valence-corrected chi connectivity index (χ1v) is 9.94. The normalized spacial score (nSPS) is 11.6. The van der Waals surface area contributed by atoms with Crippen molar-refractivity contribution in [3.63, 3.8) is 0 Å². The summed E-state index contributed by atoms with van der Waals surface area (Å²) in [5.74, 6) is -0.246. The molecule has 0 atom stereocenters.